The Morgan fingerprint density at radius 1 is 1.21 bits per heavy atom. The Hall–Kier alpha value is -2.21. The van der Waals surface area contributed by atoms with Crippen molar-refractivity contribution in [2.75, 3.05) is 11.4 Å². The van der Waals surface area contributed by atoms with E-state index in [0.29, 0.717) is 0 Å². The molecule has 2 fully saturated rings. The van der Waals surface area contributed by atoms with Crippen LogP contribution >= 0.6 is 15.9 Å². The zero-order chi connectivity index (χ0) is 20.4. The molecule has 3 aliphatic rings. The molecule has 0 aliphatic carbocycles. The van der Waals surface area contributed by atoms with Gasteiger partial charge in [-0.25, -0.2) is 0 Å². The van der Waals surface area contributed by atoms with Crippen molar-refractivity contribution in [3.8, 4) is 0 Å². The fraction of sp³-hybridized carbons (Fsp3) is 0.409. The van der Waals surface area contributed by atoms with E-state index in [1.54, 1.807) is 6.08 Å². The predicted octanol–water partition coefficient (Wildman–Crippen LogP) is 3.44. The van der Waals surface area contributed by atoms with Crippen molar-refractivity contribution in [3.05, 3.63) is 47.0 Å². The summed E-state index contributed by atoms with van der Waals surface area (Å²) in [5.74, 6) is -1.70. The summed E-state index contributed by atoms with van der Waals surface area (Å²) in [7, 11) is 0. The molecule has 0 unspecified atom stereocenters. The highest BCUT2D eigenvalue weighted by Crippen LogP contribution is 2.50. The van der Waals surface area contributed by atoms with Gasteiger partial charge in [-0.2, -0.15) is 0 Å². The van der Waals surface area contributed by atoms with E-state index in [-0.39, 0.29) is 30.2 Å². The molecule has 0 saturated carbocycles. The van der Waals surface area contributed by atoms with Gasteiger partial charge in [0, 0.05) is 22.1 Å². The molecule has 28 heavy (non-hydrogen) atoms. The van der Waals surface area contributed by atoms with Gasteiger partial charge in [0.1, 0.15) is 6.04 Å². The van der Waals surface area contributed by atoms with Crippen LogP contribution < -0.4 is 4.90 Å². The molecule has 1 aromatic carbocycles. The van der Waals surface area contributed by atoms with E-state index in [1.807, 2.05) is 56.0 Å². The van der Waals surface area contributed by atoms with Gasteiger partial charge >= 0.3 is 0 Å². The number of hydrogen-bond donors (Lipinski definition) is 0. The minimum atomic E-state index is -0.663. The first-order chi connectivity index (χ1) is 13.2. The molecule has 3 aliphatic heterocycles. The summed E-state index contributed by atoms with van der Waals surface area (Å²) >= 11 is 3.49. The number of fused-ring (bicyclic) bond motifs is 5. The monoisotopic (exact) mass is 442 g/mol. The Morgan fingerprint density at radius 2 is 1.89 bits per heavy atom. The molecule has 6 heteroatoms. The van der Waals surface area contributed by atoms with E-state index >= 15 is 0 Å². The molecule has 3 heterocycles. The number of ketones is 1. The maximum absolute atomic E-state index is 13.5. The van der Waals surface area contributed by atoms with Gasteiger partial charge in [0.05, 0.1) is 17.9 Å². The topological polar surface area (TPSA) is 57.7 Å². The van der Waals surface area contributed by atoms with Crippen molar-refractivity contribution in [1.82, 2.24) is 4.90 Å². The van der Waals surface area contributed by atoms with Gasteiger partial charge < -0.3 is 4.90 Å². The van der Waals surface area contributed by atoms with E-state index in [4.69, 9.17) is 0 Å². The van der Waals surface area contributed by atoms with Crippen LogP contribution in [-0.2, 0) is 14.4 Å². The third kappa shape index (κ3) is 2.61. The summed E-state index contributed by atoms with van der Waals surface area (Å²) in [4.78, 5) is 43.0. The molecule has 4 atom stereocenters. The molecule has 0 N–H and O–H groups in total. The molecular weight excluding hydrogens is 420 g/mol. The second-order valence-electron chi connectivity index (χ2n) is 8.65. The zero-order valence-electron chi connectivity index (χ0n) is 16.2. The van der Waals surface area contributed by atoms with Crippen molar-refractivity contribution in [3.63, 3.8) is 0 Å². The average Bonchev–Trinajstić information content (AvgIpc) is 3.09. The molecule has 0 radical (unpaired) electrons. The van der Waals surface area contributed by atoms with Gasteiger partial charge in [0.15, 0.2) is 5.78 Å². The zero-order valence-corrected chi connectivity index (χ0v) is 17.8. The highest BCUT2D eigenvalue weighted by Gasteiger charge is 2.64. The fourth-order valence-corrected chi connectivity index (χ4v) is 5.04. The summed E-state index contributed by atoms with van der Waals surface area (Å²) in [6, 6.07) is 4.90. The Labute approximate surface area is 173 Å². The Kier molecular flexibility index (Phi) is 4.38. The lowest BCUT2D eigenvalue weighted by Crippen LogP contribution is -2.51. The minimum Gasteiger partial charge on any atom is -0.353 e. The smallest absolute Gasteiger partial charge is 0.236 e. The number of rotatable bonds is 3. The van der Waals surface area contributed by atoms with Gasteiger partial charge in [-0.15, -0.1) is 6.58 Å². The quantitative estimate of drug-likeness (QED) is 0.531. The molecule has 0 spiro atoms. The Balaban J connectivity index is 1.88. The minimum absolute atomic E-state index is 0.0178. The predicted molar refractivity (Wildman–Crippen MR) is 112 cm³/mol. The Morgan fingerprint density at radius 3 is 2.54 bits per heavy atom. The van der Waals surface area contributed by atoms with E-state index in [2.05, 4.69) is 22.5 Å². The van der Waals surface area contributed by atoms with Crippen molar-refractivity contribution < 1.29 is 14.4 Å². The number of halogens is 1. The summed E-state index contributed by atoms with van der Waals surface area (Å²) in [5.41, 5.74) is 1.24. The second kappa shape index (κ2) is 6.41. The number of benzene rings is 1. The average molecular weight is 443 g/mol. The van der Waals surface area contributed by atoms with Crippen LogP contribution in [0.3, 0.4) is 0 Å². The van der Waals surface area contributed by atoms with Gasteiger partial charge in [-0.1, -0.05) is 54.9 Å². The van der Waals surface area contributed by atoms with Gasteiger partial charge in [0.2, 0.25) is 11.8 Å². The number of anilines is 1. The van der Waals surface area contributed by atoms with Crippen molar-refractivity contribution in [1.29, 1.82) is 0 Å². The van der Waals surface area contributed by atoms with Crippen LogP contribution in [0.2, 0.25) is 0 Å². The van der Waals surface area contributed by atoms with Crippen molar-refractivity contribution in [2.45, 2.75) is 32.9 Å². The van der Waals surface area contributed by atoms with Crippen LogP contribution in [-0.4, -0.2) is 41.1 Å². The van der Waals surface area contributed by atoms with Crippen LogP contribution in [0.15, 0.2) is 41.4 Å². The van der Waals surface area contributed by atoms with Crippen LogP contribution in [0.5, 0.6) is 0 Å². The summed E-state index contributed by atoms with van der Waals surface area (Å²) in [5, 5.41) is 0. The van der Waals surface area contributed by atoms with E-state index in [9.17, 15) is 14.4 Å². The largest absolute Gasteiger partial charge is 0.353 e. The number of amides is 2. The van der Waals surface area contributed by atoms with Crippen LogP contribution in [0.25, 0.3) is 6.08 Å². The van der Waals surface area contributed by atoms with Crippen LogP contribution in [0.4, 0.5) is 5.69 Å². The molecule has 4 rings (SSSR count). The number of hydrogen-bond acceptors (Lipinski definition) is 4. The van der Waals surface area contributed by atoms with Crippen LogP contribution in [0.1, 0.15) is 26.3 Å². The lowest BCUT2D eigenvalue weighted by atomic mass is 9.79. The lowest BCUT2D eigenvalue weighted by molar-refractivity contribution is -0.141. The number of imide groups is 1. The molecule has 5 nitrogen and oxygen atoms in total. The number of carbonyl (C=O) groups excluding carboxylic acids is 3. The highest BCUT2D eigenvalue weighted by molar-refractivity contribution is 9.10. The third-order valence-corrected chi connectivity index (χ3v) is 6.37. The lowest BCUT2D eigenvalue weighted by Gasteiger charge is -2.38. The molecule has 0 aromatic heterocycles. The highest BCUT2D eigenvalue weighted by atomic mass is 79.9. The SMILES string of the molecule is C=CCN1C(=O)[C@@H]2[C@H](C1=O)[C@H]1C=Cc3cc(Br)ccc3N1[C@H]2C(=O)C(C)(C)C. The maximum atomic E-state index is 13.5. The van der Waals surface area contributed by atoms with Gasteiger partial charge in [-0.05, 0) is 23.8 Å². The first-order valence-electron chi connectivity index (χ1n) is 9.43. The van der Waals surface area contributed by atoms with E-state index in [1.165, 1.54) is 4.90 Å². The van der Waals surface area contributed by atoms with Crippen LogP contribution in [0, 0.1) is 17.3 Å². The number of likely N-dealkylation sites (tertiary alicyclic amines) is 1. The summed E-state index contributed by atoms with van der Waals surface area (Å²) in [6.07, 6.45) is 5.50. The third-order valence-electron chi connectivity index (χ3n) is 5.88. The van der Waals surface area contributed by atoms with Crippen molar-refractivity contribution in [2.24, 2.45) is 17.3 Å². The first-order valence-corrected chi connectivity index (χ1v) is 10.2. The second-order valence-corrected chi connectivity index (χ2v) is 9.56. The summed E-state index contributed by atoms with van der Waals surface area (Å²) in [6.45, 7) is 9.43. The van der Waals surface area contributed by atoms with E-state index < -0.39 is 23.3 Å². The number of Topliss-reactive ketones (excluding diaryl/α,β-unsaturated/α-hetero) is 1. The number of carbonyl (C=O) groups is 3. The maximum Gasteiger partial charge on any atom is 0.236 e. The number of nitrogens with zero attached hydrogens (tertiary/aromatic N) is 2. The van der Waals surface area contributed by atoms with Crippen molar-refractivity contribution >= 4 is 45.3 Å². The molecule has 2 amide bonds. The summed E-state index contributed by atoms with van der Waals surface area (Å²) < 4.78 is 0.941. The van der Waals surface area contributed by atoms with Gasteiger partial charge in [0.25, 0.3) is 0 Å². The fourth-order valence-electron chi connectivity index (χ4n) is 4.66. The van der Waals surface area contributed by atoms with E-state index in [0.717, 1.165) is 15.7 Å². The molecule has 1 aromatic rings. The molecular formula is C22H23BrN2O3. The Bertz CT molecular complexity index is 930. The molecule has 2 saturated heterocycles. The van der Waals surface area contributed by atoms with Gasteiger partial charge in [-0.3, -0.25) is 19.3 Å². The molecule has 0 bridgehead atoms. The molecule has 146 valence electrons. The standard InChI is InChI=1S/C22H23BrN2O3/c1-5-10-24-20(27)16-15-8-6-12-11-13(23)7-9-14(12)25(15)18(17(16)21(24)28)19(26)22(2,3)4/h5-9,11,15-18H,1,10H2,2-4H3/t15-,16-,17-,18-/m1/s1. The first kappa shape index (κ1) is 19.1. The normalized spacial score (nSPS) is 28.3.